The van der Waals surface area contributed by atoms with Gasteiger partial charge in [-0.05, 0) is 31.2 Å². The zero-order valence-corrected chi connectivity index (χ0v) is 13.1. The fourth-order valence-corrected chi connectivity index (χ4v) is 3.94. The molecular weight excluding hydrogens is 288 g/mol. The van der Waals surface area contributed by atoms with Crippen LogP contribution in [-0.2, 0) is 14.3 Å². The Balaban J connectivity index is 1.80. The highest BCUT2D eigenvalue weighted by molar-refractivity contribution is 7.11. The predicted molar refractivity (Wildman–Crippen MR) is 80.0 cm³/mol. The topological polar surface area (TPSA) is 67.8 Å². The van der Waals surface area contributed by atoms with Gasteiger partial charge in [-0.15, -0.1) is 11.3 Å². The first-order valence-corrected chi connectivity index (χ1v) is 7.82. The molecule has 2 bridgehead atoms. The Morgan fingerprint density at radius 3 is 2.71 bits per heavy atom. The Labute approximate surface area is 127 Å². The molecule has 0 aromatic carbocycles. The summed E-state index contributed by atoms with van der Waals surface area (Å²) in [7, 11) is 0. The number of rotatable bonds is 3. The van der Waals surface area contributed by atoms with Crippen molar-refractivity contribution in [2.75, 3.05) is 0 Å². The zero-order valence-electron chi connectivity index (χ0n) is 12.3. The molecule has 21 heavy (non-hydrogen) atoms. The smallest absolute Gasteiger partial charge is 0.313 e. The molecule has 1 saturated heterocycles. The summed E-state index contributed by atoms with van der Waals surface area (Å²) in [6.45, 7) is 5.73. The highest BCUT2D eigenvalue weighted by atomic mass is 32.1. The molecule has 1 aromatic heterocycles. The number of carbonyl (C=O) groups is 2. The lowest BCUT2D eigenvalue weighted by molar-refractivity contribution is -0.168. The third-order valence-corrected chi connectivity index (χ3v) is 6.16. The number of hydrogen-bond donors (Lipinski definition) is 1. The molecule has 1 saturated carbocycles. The van der Waals surface area contributed by atoms with Gasteiger partial charge >= 0.3 is 5.97 Å². The lowest BCUT2D eigenvalue weighted by atomic mass is 9.66. The summed E-state index contributed by atoms with van der Waals surface area (Å²) in [5, 5.41) is 5.91. The largest absolute Gasteiger partial charge is 0.448 e. The van der Waals surface area contributed by atoms with Gasteiger partial charge in [-0.25, -0.2) is 5.43 Å². The van der Waals surface area contributed by atoms with Gasteiger partial charge < -0.3 is 4.74 Å². The van der Waals surface area contributed by atoms with E-state index in [1.54, 1.807) is 6.21 Å². The maximum atomic E-state index is 12.6. The quantitative estimate of drug-likeness (QED) is 0.529. The van der Waals surface area contributed by atoms with Gasteiger partial charge in [-0.2, -0.15) is 5.10 Å². The van der Waals surface area contributed by atoms with E-state index in [0.29, 0.717) is 12.8 Å². The van der Waals surface area contributed by atoms with E-state index < -0.39 is 16.4 Å². The number of hydrazone groups is 1. The first-order valence-electron chi connectivity index (χ1n) is 6.94. The molecular formula is C15H18N2O3S. The van der Waals surface area contributed by atoms with Crippen molar-refractivity contribution in [3.8, 4) is 0 Å². The molecule has 2 aliphatic rings. The van der Waals surface area contributed by atoms with Crippen LogP contribution in [0.4, 0.5) is 0 Å². The molecule has 1 amide bonds. The number of amides is 1. The number of carbonyl (C=O) groups excluding carboxylic acids is 2. The summed E-state index contributed by atoms with van der Waals surface area (Å²) in [6.07, 6.45) is 2.81. The normalized spacial score (nSPS) is 33.4. The third-order valence-electron chi connectivity index (χ3n) is 5.35. The van der Waals surface area contributed by atoms with Gasteiger partial charge in [0.05, 0.1) is 11.6 Å². The van der Waals surface area contributed by atoms with Gasteiger partial charge in [0.25, 0.3) is 5.91 Å². The van der Waals surface area contributed by atoms with Crippen LogP contribution in [0.1, 0.15) is 38.5 Å². The number of ether oxygens (including phenoxy) is 1. The van der Waals surface area contributed by atoms with Crippen LogP contribution in [-0.4, -0.2) is 23.7 Å². The molecule has 2 heterocycles. The first-order chi connectivity index (χ1) is 9.83. The predicted octanol–water partition coefficient (Wildman–Crippen LogP) is 2.32. The average molecular weight is 306 g/mol. The highest BCUT2D eigenvalue weighted by Crippen LogP contribution is 2.65. The third kappa shape index (κ3) is 1.71. The van der Waals surface area contributed by atoms with E-state index in [1.165, 1.54) is 11.3 Å². The Bertz CT molecular complexity index is 623. The second-order valence-corrected chi connectivity index (χ2v) is 7.37. The van der Waals surface area contributed by atoms with E-state index in [1.807, 2.05) is 38.3 Å². The second kappa shape index (κ2) is 4.40. The molecule has 112 valence electrons. The van der Waals surface area contributed by atoms with E-state index in [4.69, 9.17) is 4.74 Å². The van der Waals surface area contributed by atoms with Crippen molar-refractivity contribution in [3.63, 3.8) is 0 Å². The van der Waals surface area contributed by atoms with Gasteiger partial charge in [0.1, 0.15) is 0 Å². The van der Waals surface area contributed by atoms with Crippen molar-refractivity contribution < 1.29 is 14.3 Å². The van der Waals surface area contributed by atoms with E-state index in [0.717, 1.165) is 4.88 Å². The molecule has 5 nitrogen and oxygen atoms in total. The number of hydrogen-bond acceptors (Lipinski definition) is 5. The summed E-state index contributed by atoms with van der Waals surface area (Å²) in [5.74, 6) is -0.619. The van der Waals surface area contributed by atoms with Gasteiger partial charge in [-0.3, -0.25) is 9.59 Å². The maximum Gasteiger partial charge on any atom is 0.313 e. The molecule has 6 heteroatoms. The van der Waals surface area contributed by atoms with Crippen molar-refractivity contribution in [1.29, 1.82) is 0 Å². The summed E-state index contributed by atoms with van der Waals surface area (Å²) in [6, 6.07) is 3.82. The zero-order chi connectivity index (χ0) is 15.3. The Kier molecular flexibility index (Phi) is 2.99. The molecule has 3 rings (SSSR count). The van der Waals surface area contributed by atoms with Crippen LogP contribution in [0, 0.1) is 10.8 Å². The first kappa shape index (κ1) is 14.3. The molecule has 1 N–H and O–H groups in total. The van der Waals surface area contributed by atoms with E-state index in [2.05, 4.69) is 10.5 Å². The van der Waals surface area contributed by atoms with Gasteiger partial charge in [0, 0.05) is 10.3 Å². The Morgan fingerprint density at radius 2 is 2.19 bits per heavy atom. The second-order valence-electron chi connectivity index (χ2n) is 6.39. The summed E-state index contributed by atoms with van der Waals surface area (Å²) >= 11 is 1.53. The SMILES string of the molecule is CC12CCC(C(=O)N/N=C/c3cccs3)(OC1=O)C2(C)C. The van der Waals surface area contributed by atoms with Crippen LogP contribution in [0.5, 0.6) is 0 Å². The molecule has 2 fully saturated rings. The van der Waals surface area contributed by atoms with Crippen molar-refractivity contribution in [2.24, 2.45) is 15.9 Å². The lowest BCUT2D eigenvalue weighted by Gasteiger charge is -2.34. The van der Waals surface area contributed by atoms with Crippen LogP contribution in [0.25, 0.3) is 0 Å². The lowest BCUT2D eigenvalue weighted by Crippen LogP contribution is -2.52. The van der Waals surface area contributed by atoms with Crippen LogP contribution >= 0.6 is 11.3 Å². The minimum atomic E-state index is -1.11. The fourth-order valence-electron chi connectivity index (χ4n) is 3.36. The molecule has 2 atom stereocenters. The Morgan fingerprint density at radius 1 is 1.43 bits per heavy atom. The standard InChI is InChI=1S/C15H18N2O3S/c1-13(2)14(3)6-7-15(13,20-12(14)19)11(18)17-16-9-10-5-4-8-21-10/h4-5,8-9H,6-7H2,1-3H3,(H,17,18)/b16-9+. The van der Waals surface area contributed by atoms with E-state index in [9.17, 15) is 9.59 Å². The monoisotopic (exact) mass is 306 g/mol. The van der Waals surface area contributed by atoms with Crippen molar-refractivity contribution in [2.45, 2.75) is 39.2 Å². The average Bonchev–Trinajstić information content (AvgIpc) is 3.04. The number of fused-ring (bicyclic) bond motifs is 2. The number of nitrogens with zero attached hydrogens (tertiary/aromatic N) is 1. The van der Waals surface area contributed by atoms with E-state index in [-0.39, 0.29) is 11.9 Å². The molecule has 2 unspecified atom stereocenters. The van der Waals surface area contributed by atoms with Crippen LogP contribution in [0.15, 0.2) is 22.6 Å². The fraction of sp³-hybridized carbons (Fsp3) is 0.533. The van der Waals surface area contributed by atoms with Crippen LogP contribution < -0.4 is 5.43 Å². The molecule has 1 aromatic rings. The number of nitrogens with one attached hydrogen (secondary N) is 1. The highest BCUT2D eigenvalue weighted by Gasteiger charge is 2.75. The van der Waals surface area contributed by atoms with Gasteiger partial charge in [0.2, 0.25) is 0 Å². The molecule has 0 radical (unpaired) electrons. The van der Waals surface area contributed by atoms with Gasteiger partial charge in [-0.1, -0.05) is 19.9 Å². The molecule has 0 spiro atoms. The Hall–Kier alpha value is -1.69. The minimum absolute atomic E-state index is 0.281. The van der Waals surface area contributed by atoms with E-state index >= 15 is 0 Å². The molecule has 1 aliphatic carbocycles. The summed E-state index contributed by atoms with van der Waals surface area (Å²) in [5.41, 5.74) is 0.292. The minimum Gasteiger partial charge on any atom is -0.448 e. The summed E-state index contributed by atoms with van der Waals surface area (Å²) in [4.78, 5) is 25.6. The van der Waals surface area contributed by atoms with Crippen molar-refractivity contribution in [3.05, 3.63) is 22.4 Å². The van der Waals surface area contributed by atoms with Crippen molar-refractivity contribution in [1.82, 2.24) is 5.43 Å². The van der Waals surface area contributed by atoms with Crippen LogP contribution in [0.2, 0.25) is 0 Å². The number of thiophene rings is 1. The number of esters is 1. The van der Waals surface area contributed by atoms with Crippen LogP contribution in [0.3, 0.4) is 0 Å². The summed E-state index contributed by atoms with van der Waals surface area (Å²) < 4.78 is 5.49. The van der Waals surface area contributed by atoms with Gasteiger partial charge in [0.15, 0.2) is 5.60 Å². The maximum absolute atomic E-state index is 12.6. The molecule has 1 aliphatic heterocycles. The van der Waals surface area contributed by atoms with Crippen molar-refractivity contribution >= 4 is 29.4 Å².